The van der Waals surface area contributed by atoms with Gasteiger partial charge in [0.25, 0.3) is 5.91 Å². The zero-order chi connectivity index (χ0) is 23.2. The summed E-state index contributed by atoms with van der Waals surface area (Å²) >= 11 is 5.91. The number of nitrogens with zero attached hydrogens (tertiary/aromatic N) is 2. The highest BCUT2D eigenvalue weighted by molar-refractivity contribution is 6.32. The van der Waals surface area contributed by atoms with E-state index < -0.39 is 12.5 Å². The highest BCUT2D eigenvalue weighted by atomic mass is 35.5. The van der Waals surface area contributed by atoms with E-state index in [0.717, 1.165) is 11.1 Å². The first kappa shape index (κ1) is 22.3. The molecule has 0 radical (unpaired) electrons. The Kier molecular flexibility index (Phi) is 6.85. The second-order valence-corrected chi connectivity index (χ2v) is 7.29. The third-order valence-electron chi connectivity index (χ3n) is 4.60. The van der Waals surface area contributed by atoms with Gasteiger partial charge in [-0.15, -0.1) is 0 Å². The number of anilines is 1. The molecule has 0 fully saturated rings. The monoisotopic (exact) mass is 469 g/mol. The van der Waals surface area contributed by atoms with Crippen molar-refractivity contribution >= 4 is 23.2 Å². The molecule has 33 heavy (non-hydrogen) atoms. The number of alkyl halides is 2. The van der Waals surface area contributed by atoms with E-state index in [1.165, 1.54) is 28.9 Å². The molecule has 0 atom stereocenters. The van der Waals surface area contributed by atoms with Crippen LogP contribution in [0.1, 0.15) is 10.5 Å². The van der Waals surface area contributed by atoms with Crippen LogP contribution in [0.2, 0.25) is 5.02 Å². The highest BCUT2D eigenvalue weighted by Crippen LogP contribution is 2.29. The standard InChI is InChI=1S/C24H18ClF2N3O3/c25-20-14-18(8-11-22(20)33-24(26)27)28-23(31)21-12-13-30(29-21)15-32-19-9-6-17(7-10-19)16-4-2-1-3-5-16/h1-14,24H,15H2,(H,28,31). The van der Waals surface area contributed by atoms with Gasteiger partial charge in [-0.25, -0.2) is 4.68 Å². The number of benzene rings is 3. The number of carbonyl (C=O) groups excluding carboxylic acids is 1. The smallest absolute Gasteiger partial charge is 0.387 e. The van der Waals surface area contributed by atoms with E-state index in [-0.39, 0.29) is 23.2 Å². The molecule has 6 nitrogen and oxygen atoms in total. The van der Waals surface area contributed by atoms with Crippen LogP contribution in [0, 0.1) is 0 Å². The number of ether oxygens (including phenoxy) is 2. The Labute approximate surface area is 193 Å². The minimum absolute atomic E-state index is 0.0506. The molecule has 0 aliphatic rings. The number of hydrogen-bond donors (Lipinski definition) is 1. The van der Waals surface area contributed by atoms with Crippen molar-refractivity contribution in [1.82, 2.24) is 9.78 Å². The molecule has 1 aromatic heterocycles. The molecule has 1 heterocycles. The van der Waals surface area contributed by atoms with Crippen LogP contribution in [0.25, 0.3) is 11.1 Å². The molecule has 4 rings (SSSR count). The van der Waals surface area contributed by atoms with Gasteiger partial charge in [-0.2, -0.15) is 13.9 Å². The van der Waals surface area contributed by atoms with Gasteiger partial charge in [0, 0.05) is 11.9 Å². The van der Waals surface area contributed by atoms with Crippen molar-refractivity contribution in [3.8, 4) is 22.6 Å². The minimum atomic E-state index is -2.99. The Balaban J connectivity index is 1.33. The van der Waals surface area contributed by atoms with Gasteiger partial charge in [-0.1, -0.05) is 54.1 Å². The van der Waals surface area contributed by atoms with Crippen LogP contribution in [0.4, 0.5) is 14.5 Å². The highest BCUT2D eigenvalue weighted by Gasteiger charge is 2.13. The van der Waals surface area contributed by atoms with Crippen molar-refractivity contribution in [3.63, 3.8) is 0 Å². The number of rotatable bonds is 8. The summed E-state index contributed by atoms with van der Waals surface area (Å²) in [6.45, 7) is -2.88. The molecule has 0 saturated heterocycles. The zero-order valence-corrected chi connectivity index (χ0v) is 17.9. The van der Waals surface area contributed by atoms with Crippen LogP contribution in [-0.2, 0) is 6.73 Å². The second-order valence-electron chi connectivity index (χ2n) is 6.88. The third-order valence-corrected chi connectivity index (χ3v) is 4.90. The molecule has 4 aromatic rings. The molecular weight excluding hydrogens is 452 g/mol. The van der Waals surface area contributed by atoms with Gasteiger partial charge < -0.3 is 14.8 Å². The van der Waals surface area contributed by atoms with Crippen LogP contribution in [0.3, 0.4) is 0 Å². The molecule has 0 unspecified atom stereocenters. The lowest BCUT2D eigenvalue weighted by atomic mass is 10.1. The van der Waals surface area contributed by atoms with Gasteiger partial charge >= 0.3 is 6.61 Å². The molecule has 0 aliphatic carbocycles. The van der Waals surface area contributed by atoms with Crippen LogP contribution >= 0.6 is 11.6 Å². The number of halogens is 3. The quantitative estimate of drug-likeness (QED) is 0.339. The van der Waals surface area contributed by atoms with Crippen molar-refractivity contribution in [2.24, 2.45) is 0 Å². The van der Waals surface area contributed by atoms with E-state index in [1.807, 2.05) is 54.6 Å². The van der Waals surface area contributed by atoms with Gasteiger partial charge in [0.2, 0.25) is 0 Å². The number of carbonyl (C=O) groups is 1. The van der Waals surface area contributed by atoms with E-state index in [9.17, 15) is 13.6 Å². The minimum Gasteiger partial charge on any atom is -0.471 e. The van der Waals surface area contributed by atoms with Crippen molar-refractivity contribution in [2.75, 3.05) is 5.32 Å². The molecule has 1 N–H and O–H groups in total. The Morgan fingerprint density at radius 3 is 2.42 bits per heavy atom. The van der Waals surface area contributed by atoms with E-state index in [4.69, 9.17) is 16.3 Å². The summed E-state index contributed by atoms with van der Waals surface area (Å²) in [5.41, 5.74) is 2.66. The van der Waals surface area contributed by atoms with E-state index in [0.29, 0.717) is 11.4 Å². The summed E-state index contributed by atoms with van der Waals surface area (Å²) in [5.74, 6) is -0.000571. The number of nitrogens with one attached hydrogen (secondary N) is 1. The maximum absolute atomic E-state index is 12.4. The summed E-state index contributed by atoms with van der Waals surface area (Å²) < 4.78 is 36.1. The second kappa shape index (κ2) is 10.1. The first-order chi connectivity index (χ1) is 16.0. The van der Waals surface area contributed by atoms with Crippen LogP contribution in [0.5, 0.6) is 11.5 Å². The number of hydrogen-bond acceptors (Lipinski definition) is 4. The van der Waals surface area contributed by atoms with Crippen molar-refractivity contribution < 1.29 is 23.0 Å². The maximum Gasteiger partial charge on any atom is 0.387 e. The Hall–Kier alpha value is -3.91. The van der Waals surface area contributed by atoms with Gasteiger partial charge in [0.05, 0.1) is 5.02 Å². The fourth-order valence-electron chi connectivity index (χ4n) is 3.03. The van der Waals surface area contributed by atoms with E-state index >= 15 is 0 Å². The Morgan fingerprint density at radius 1 is 1.00 bits per heavy atom. The van der Waals surface area contributed by atoms with Crippen molar-refractivity contribution in [3.05, 3.63) is 95.8 Å². The summed E-state index contributed by atoms with van der Waals surface area (Å²) in [6.07, 6.45) is 1.61. The van der Waals surface area contributed by atoms with Crippen LogP contribution in [0.15, 0.2) is 85.1 Å². The first-order valence-corrected chi connectivity index (χ1v) is 10.2. The van der Waals surface area contributed by atoms with Gasteiger partial charge in [0.15, 0.2) is 12.4 Å². The number of amides is 1. The fourth-order valence-corrected chi connectivity index (χ4v) is 3.26. The Bertz CT molecular complexity index is 1230. The van der Waals surface area contributed by atoms with E-state index in [1.54, 1.807) is 6.20 Å². The van der Waals surface area contributed by atoms with Crippen molar-refractivity contribution in [1.29, 1.82) is 0 Å². The largest absolute Gasteiger partial charge is 0.471 e. The summed E-state index contributed by atoms with van der Waals surface area (Å²) in [5, 5.41) is 6.74. The van der Waals surface area contributed by atoms with Crippen LogP contribution < -0.4 is 14.8 Å². The molecule has 0 bridgehead atoms. The molecular formula is C24H18ClF2N3O3. The van der Waals surface area contributed by atoms with Crippen molar-refractivity contribution in [2.45, 2.75) is 13.3 Å². The molecule has 1 amide bonds. The first-order valence-electron chi connectivity index (χ1n) is 9.85. The normalized spacial score (nSPS) is 10.8. The van der Waals surface area contributed by atoms with Gasteiger partial charge in [-0.05, 0) is 47.5 Å². The summed E-state index contributed by atoms with van der Waals surface area (Å²) in [6, 6.07) is 23.2. The summed E-state index contributed by atoms with van der Waals surface area (Å²) in [4.78, 5) is 12.4. The average molecular weight is 470 g/mol. The summed E-state index contributed by atoms with van der Waals surface area (Å²) in [7, 11) is 0. The molecule has 0 saturated carbocycles. The number of aromatic nitrogens is 2. The van der Waals surface area contributed by atoms with Gasteiger partial charge in [-0.3, -0.25) is 4.79 Å². The molecule has 9 heteroatoms. The predicted molar refractivity (Wildman–Crippen MR) is 121 cm³/mol. The third kappa shape index (κ3) is 5.87. The predicted octanol–water partition coefficient (Wildman–Crippen LogP) is 6.09. The van der Waals surface area contributed by atoms with Crippen LogP contribution in [-0.4, -0.2) is 22.3 Å². The topological polar surface area (TPSA) is 65.4 Å². The molecule has 0 aliphatic heterocycles. The zero-order valence-electron chi connectivity index (χ0n) is 17.1. The lowest BCUT2D eigenvalue weighted by Gasteiger charge is -2.09. The van der Waals surface area contributed by atoms with E-state index in [2.05, 4.69) is 15.2 Å². The fraction of sp³-hybridized carbons (Fsp3) is 0.0833. The lowest BCUT2D eigenvalue weighted by molar-refractivity contribution is -0.0497. The molecule has 3 aromatic carbocycles. The SMILES string of the molecule is O=C(Nc1ccc(OC(F)F)c(Cl)c1)c1ccn(COc2ccc(-c3ccccc3)cc2)n1. The Morgan fingerprint density at radius 2 is 1.73 bits per heavy atom. The molecule has 0 spiro atoms. The molecule has 168 valence electrons. The maximum atomic E-state index is 12.4. The van der Waals surface area contributed by atoms with Gasteiger partial charge in [0.1, 0.15) is 11.5 Å². The lowest BCUT2D eigenvalue weighted by Crippen LogP contribution is -2.14. The average Bonchev–Trinajstić information content (AvgIpc) is 3.30.